The van der Waals surface area contributed by atoms with Crippen LogP contribution in [0.25, 0.3) is 0 Å². The first kappa shape index (κ1) is 10.2. The number of rotatable bonds is 2. The Morgan fingerprint density at radius 2 is 1.73 bits per heavy atom. The van der Waals surface area contributed by atoms with E-state index in [9.17, 15) is 0 Å². The number of oxime groups is 1. The molecule has 0 aromatic rings. The molecule has 0 aliphatic rings. The molecule has 0 aromatic carbocycles. The Morgan fingerprint density at radius 1 is 1.27 bits per heavy atom. The van der Waals surface area contributed by atoms with Gasteiger partial charge in [-0.15, -0.1) is 0 Å². The molecule has 2 nitrogen and oxygen atoms in total. The Kier molecular flexibility index (Phi) is 3.30. The zero-order valence-corrected chi connectivity index (χ0v) is 8.06. The lowest BCUT2D eigenvalue weighted by Gasteiger charge is -2.16. The summed E-state index contributed by atoms with van der Waals surface area (Å²) in [7, 11) is 0. The van der Waals surface area contributed by atoms with Gasteiger partial charge < -0.3 is 4.84 Å². The normalized spacial score (nSPS) is 13.0. The first-order valence-corrected chi connectivity index (χ1v) is 3.71. The maximum absolute atomic E-state index is 4.92. The molecule has 0 aliphatic carbocycles. The average molecular weight is 155 g/mol. The molecule has 64 valence electrons. The number of allylic oxidation sites excluding steroid dienone is 1. The van der Waals surface area contributed by atoms with Gasteiger partial charge in [0.25, 0.3) is 0 Å². The van der Waals surface area contributed by atoms with Crippen LogP contribution in [0, 0.1) is 5.41 Å². The summed E-state index contributed by atoms with van der Waals surface area (Å²) in [4.78, 5) is 4.92. The molecule has 0 fully saturated rings. The van der Waals surface area contributed by atoms with Crippen molar-refractivity contribution in [1.82, 2.24) is 0 Å². The van der Waals surface area contributed by atoms with Gasteiger partial charge in [-0.2, -0.15) is 0 Å². The Balaban J connectivity index is 4.12. The van der Waals surface area contributed by atoms with Crippen molar-refractivity contribution in [2.24, 2.45) is 10.6 Å². The summed E-state index contributed by atoms with van der Waals surface area (Å²) in [5, 5.41) is 3.91. The third-order valence-corrected chi connectivity index (χ3v) is 1.42. The van der Waals surface area contributed by atoms with Gasteiger partial charge >= 0.3 is 0 Å². The van der Waals surface area contributed by atoms with Crippen LogP contribution in [-0.2, 0) is 4.84 Å². The van der Waals surface area contributed by atoms with Crippen LogP contribution in [-0.4, -0.2) is 5.71 Å². The third-order valence-electron chi connectivity index (χ3n) is 1.42. The van der Waals surface area contributed by atoms with Crippen LogP contribution in [0.1, 0.15) is 34.6 Å². The molecule has 0 spiro atoms. The van der Waals surface area contributed by atoms with Gasteiger partial charge in [0.05, 0.1) is 5.71 Å². The zero-order valence-electron chi connectivity index (χ0n) is 8.06. The summed E-state index contributed by atoms with van der Waals surface area (Å²) in [5.41, 5.74) is 1.05. The molecule has 0 saturated carbocycles. The molecule has 0 amide bonds. The summed E-state index contributed by atoms with van der Waals surface area (Å²) in [6.07, 6.45) is 0. The highest BCUT2D eigenvalue weighted by molar-refractivity contribution is 5.86. The van der Waals surface area contributed by atoms with Gasteiger partial charge in [0, 0.05) is 5.41 Å². The van der Waals surface area contributed by atoms with Crippen molar-refractivity contribution < 1.29 is 4.84 Å². The molecule has 0 saturated heterocycles. The highest BCUT2D eigenvalue weighted by Crippen LogP contribution is 2.15. The molecule has 0 aliphatic heterocycles. The predicted molar refractivity (Wildman–Crippen MR) is 48.5 cm³/mol. The van der Waals surface area contributed by atoms with E-state index in [4.69, 9.17) is 4.84 Å². The zero-order chi connectivity index (χ0) is 9.07. The first-order valence-electron chi connectivity index (χ1n) is 3.71. The summed E-state index contributed by atoms with van der Waals surface area (Å²) in [6.45, 7) is 13.6. The summed E-state index contributed by atoms with van der Waals surface area (Å²) < 4.78 is 0. The van der Waals surface area contributed by atoms with Crippen LogP contribution in [0.5, 0.6) is 0 Å². The van der Waals surface area contributed by atoms with E-state index in [0.717, 1.165) is 5.71 Å². The highest BCUT2D eigenvalue weighted by atomic mass is 16.6. The molecular weight excluding hydrogens is 138 g/mol. The molecule has 0 N–H and O–H groups in total. The van der Waals surface area contributed by atoms with Crippen molar-refractivity contribution in [1.29, 1.82) is 0 Å². The second-order valence-electron chi connectivity index (χ2n) is 3.72. The van der Waals surface area contributed by atoms with Crippen molar-refractivity contribution in [3.8, 4) is 0 Å². The summed E-state index contributed by atoms with van der Waals surface area (Å²) >= 11 is 0. The largest absolute Gasteiger partial charge is 0.362 e. The van der Waals surface area contributed by atoms with E-state index in [1.807, 2.05) is 6.92 Å². The second kappa shape index (κ2) is 3.56. The monoisotopic (exact) mass is 155 g/mol. The quantitative estimate of drug-likeness (QED) is 0.341. The van der Waals surface area contributed by atoms with E-state index < -0.39 is 0 Å². The van der Waals surface area contributed by atoms with Gasteiger partial charge in [-0.3, -0.25) is 0 Å². The van der Waals surface area contributed by atoms with Crippen LogP contribution in [0.15, 0.2) is 17.5 Å². The van der Waals surface area contributed by atoms with Gasteiger partial charge in [-0.05, 0) is 13.8 Å². The van der Waals surface area contributed by atoms with Crippen molar-refractivity contribution >= 4 is 5.71 Å². The highest BCUT2D eigenvalue weighted by Gasteiger charge is 2.14. The average Bonchev–Trinajstić information content (AvgIpc) is 1.80. The van der Waals surface area contributed by atoms with E-state index >= 15 is 0 Å². The van der Waals surface area contributed by atoms with E-state index in [1.165, 1.54) is 0 Å². The van der Waals surface area contributed by atoms with Crippen LogP contribution in [0.2, 0.25) is 0 Å². The Hall–Kier alpha value is -0.790. The van der Waals surface area contributed by atoms with Gasteiger partial charge in [0.2, 0.25) is 0 Å². The number of hydrogen-bond donors (Lipinski definition) is 0. The third kappa shape index (κ3) is 4.59. The SMILES string of the molecule is C=C(C)O/N=C(\C)C(C)(C)C. The van der Waals surface area contributed by atoms with Crippen molar-refractivity contribution in [3.05, 3.63) is 12.3 Å². The molecule has 2 heteroatoms. The summed E-state index contributed by atoms with van der Waals surface area (Å²) in [5.74, 6) is 0.619. The topological polar surface area (TPSA) is 21.6 Å². The molecule has 0 atom stereocenters. The van der Waals surface area contributed by atoms with E-state index in [2.05, 4.69) is 32.5 Å². The van der Waals surface area contributed by atoms with E-state index in [0.29, 0.717) is 5.76 Å². The van der Waals surface area contributed by atoms with Crippen LogP contribution >= 0.6 is 0 Å². The lowest BCUT2D eigenvalue weighted by Crippen LogP contribution is -2.16. The fourth-order valence-corrected chi connectivity index (χ4v) is 0.283. The maximum atomic E-state index is 4.92. The van der Waals surface area contributed by atoms with Gasteiger partial charge in [-0.25, -0.2) is 0 Å². The van der Waals surface area contributed by atoms with Gasteiger partial charge in [0.1, 0.15) is 5.76 Å². The molecule has 0 heterocycles. The maximum Gasteiger partial charge on any atom is 0.124 e. The lowest BCUT2D eigenvalue weighted by atomic mass is 9.91. The standard InChI is InChI=1S/C9H17NO/c1-7(2)11-10-8(3)9(4,5)6/h1H2,2-6H3/b10-8+. The Morgan fingerprint density at radius 3 is 2.00 bits per heavy atom. The van der Waals surface area contributed by atoms with E-state index in [1.54, 1.807) is 6.92 Å². The van der Waals surface area contributed by atoms with Gasteiger partial charge in [0.15, 0.2) is 0 Å². The van der Waals surface area contributed by atoms with Crippen LogP contribution in [0.4, 0.5) is 0 Å². The predicted octanol–water partition coefficient (Wildman–Crippen LogP) is 2.96. The molecule has 0 aromatic heterocycles. The fourth-order valence-electron chi connectivity index (χ4n) is 0.283. The first-order chi connectivity index (χ1) is 4.84. The summed E-state index contributed by atoms with van der Waals surface area (Å²) in [6, 6.07) is 0. The van der Waals surface area contributed by atoms with Crippen molar-refractivity contribution in [2.45, 2.75) is 34.6 Å². The van der Waals surface area contributed by atoms with Gasteiger partial charge in [-0.1, -0.05) is 32.5 Å². The molecule has 0 bridgehead atoms. The Bertz CT molecular complexity index is 174. The molecular formula is C9H17NO. The van der Waals surface area contributed by atoms with Crippen molar-refractivity contribution in [3.63, 3.8) is 0 Å². The minimum atomic E-state index is 0.0788. The molecule has 0 radical (unpaired) electrons. The minimum absolute atomic E-state index is 0.0788. The second-order valence-corrected chi connectivity index (χ2v) is 3.72. The fraction of sp³-hybridized carbons (Fsp3) is 0.667. The van der Waals surface area contributed by atoms with Crippen LogP contribution < -0.4 is 0 Å². The Labute approximate surface area is 68.9 Å². The van der Waals surface area contributed by atoms with E-state index in [-0.39, 0.29) is 5.41 Å². The number of nitrogens with zero attached hydrogens (tertiary/aromatic N) is 1. The molecule has 0 unspecified atom stereocenters. The smallest absolute Gasteiger partial charge is 0.124 e. The van der Waals surface area contributed by atoms with Crippen LogP contribution in [0.3, 0.4) is 0 Å². The molecule has 0 rings (SSSR count). The molecule has 11 heavy (non-hydrogen) atoms. The minimum Gasteiger partial charge on any atom is -0.362 e. The number of hydrogen-bond acceptors (Lipinski definition) is 2. The lowest BCUT2D eigenvalue weighted by molar-refractivity contribution is 0.226. The van der Waals surface area contributed by atoms with Crippen molar-refractivity contribution in [2.75, 3.05) is 0 Å².